The molecule has 0 spiro atoms. The minimum atomic E-state index is 0.469. The van der Waals surface area contributed by atoms with Crippen LogP contribution < -0.4 is 5.32 Å². The monoisotopic (exact) mass is 191 g/mol. The van der Waals surface area contributed by atoms with Gasteiger partial charge in [0, 0.05) is 18.0 Å². The molecule has 0 aliphatic carbocycles. The van der Waals surface area contributed by atoms with Crippen LogP contribution in [0.1, 0.15) is 40.5 Å². The topological polar surface area (TPSA) is 12.0 Å². The molecule has 0 aliphatic rings. The summed E-state index contributed by atoms with van der Waals surface area (Å²) in [5.41, 5.74) is 0. The van der Waals surface area contributed by atoms with E-state index in [-0.39, 0.29) is 0 Å². The molecule has 74 valence electrons. The van der Waals surface area contributed by atoms with E-state index in [1.807, 2.05) is 0 Å². The molecule has 12 heavy (non-hydrogen) atoms. The van der Waals surface area contributed by atoms with Crippen molar-refractivity contribution in [2.75, 3.05) is 5.88 Å². The SMILES string of the molecule is CCC(CC)NC(CCl)C(C)C. The summed E-state index contributed by atoms with van der Waals surface area (Å²) in [7, 11) is 0. The van der Waals surface area contributed by atoms with E-state index in [2.05, 4.69) is 33.0 Å². The molecule has 1 nitrogen and oxygen atoms in total. The minimum absolute atomic E-state index is 0.469. The molecule has 0 heterocycles. The Morgan fingerprint density at radius 2 is 1.67 bits per heavy atom. The Morgan fingerprint density at radius 1 is 1.17 bits per heavy atom. The average Bonchev–Trinajstić information content (AvgIpc) is 2.06. The van der Waals surface area contributed by atoms with Gasteiger partial charge in [-0.25, -0.2) is 0 Å². The van der Waals surface area contributed by atoms with Crippen LogP contribution >= 0.6 is 11.6 Å². The van der Waals surface area contributed by atoms with E-state index < -0.39 is 0 Å². The first-order valence-corrected chi connectivity index (χ1v) is 5.51. The molecular formula is C10H22ClN. The molecule has 1 N–H and O–H groups in total. The second-order valence-corrected chi connectivity index (χ2v) is 3.99. The van der Waals surface area contributed by atoms with Crippen molar-refractivity contribution in [2.24, 2.45) is 5.92 Å². The van der Waals surface area contributed by atoms with Crippen LogP contribution in [0.2, 0.25) is 0 Å². The highest BCUT2D eigenvalue weighted by atomic mass is 35.5. The number of nitrogens with one attached hydrogen (secondary N) is 1. The Balaban J connectivity index is 3.82. The Kier molecular flexibility index (Phi) is 6.87. The van der Waals surface area contributed by atoms with E-state index >= 15 is 0 Å². The molecule has 0 aliphatic heterocycles. The Bertz CT molecular complexity index is 100. The highest BCUT2D eigenvalue weighted by Gasteiger charge is 2.14. The first-order valence-electron chi connectivity index (χ1n) is 4.97. The lowest BCUT2D eigenvalue weighted by atomic mass is 10.0. The van der Waals surface area contributed by atoms with Gasteiger partial charge in [0.1, 0.15) is 0 Å². The first kappa shape index (κ1) is 12.2. The lowest BCUT2D eigenvalue weighted by molar-refractivity contribution is 0.362. The van der Waals surface area contributed by atoms with Crippen molar-refractivity contribution < 1.29 is 0 Å². The molecule has 2 heteroatoms. The summed E-state index contributed by atoms with van der Waals surface area (Å²) >= 11 is 5.86. The normalized spacial score (nSPS) is 14.2. The summed E-state index contributed by atoms with van der Waals surface area (Å²) in [4.78, 5) is 0. The van der Waals surface area contributed by atoms with Gasteiger partial charge in [-0.05, 0) is 18.8 Å². The highest BCUT2D eigenvalue weighted by molar-refractivity contribution is 6.18. The lowest BCUT2D eigenvalue weighted by Gasteiger charge is -2.25. The number of halogens is 1. The van der Waals surface area contributed by atoms with Crippen LogP contribution in [0.25, 0.3) is 0 Å². The van der Waals surface area contributed by atoms with E-state index in [0.717, 1.165) is 0 Å². The van der Waals surface area contributed by atoms with Crippen LogP contribution in [0.15, 0.2) is 0 Å². The Labute approximate surface area is 81.9 Å². The minimum Gasteiger partial charge on any atom is -0.310 e. The molecule has 0 aromatic rings. The standard InChI is InChI=1S/C10H22ClN/c1-5-9(6-2)12-10(7-11)8(3)4/h8-10,12H,5-7H2,1-4H3. The fourth-order valence-corrected chi connectivity index (χ4v) is 1.69. The largest absolute Gasteiger partial charge is 0.310 e. The summed E-state index contributed by atoms with van der Waals surface area (Å²) in [5, 5.41) is 3.57. The van der Waals surface area contributed by atoms with Gasteiger partial charge in [0.05, 0.1) is 0 Å². The molecule has 0 aromatic heterocycles. The van der Waals surface area contributed by atoms with Crippen LogP contribution in [-0.2, 0) is 0 Å². The zero-order valence-electron chi connectivity index (χ0n) is 8.73. The first-order chi connectivity index (χ1) is 5.65. The van der Waals surface area contributed by atoms with Gasteiger partial charge in [0.2, 0.25) is 0 Å². The summed E-state index contributed by atoms with van der Waals surface area (Å²) in [6.45, 7) is 8.85. The van der Waals surface area contributed by atoms with Crippen molar-refractivity contribution >= 4 is 11.6 Å². The Morgan fingerprint density at radius 3 is 1.92 bits per heavy atom. The molecule has 0 aromatic carbocycles. The molecule has 0 amide bonds. The Hall–Kier alpha value is 0.250. The van der Waals surface area contributed by atoms with Crippen molar-refractivity contribution in [1.82, 2.24) is 5.32 Å². The van der Waals surface area contributed by atoms with Crippen LogP contribution in [0, 0.1) is 5.92 Å². The maximum atomic E-state index is 5.86. The second-order valence-electron chi connectivity index (χ2n) is 3.68. The smallest absolute Gasteiger partial charge is 0.0379 e. The van der Waals surface area contributed by atoms with Gasteiger partial charge >= 0.3 is 0 Å². The van der Waals surface area contributed by atoms with Crippen molar-refractivity contribution in [1.29, 1.82) is 0 Å². The summed E-state index contributed by atoms with van der Waals surface area (Å²) in [6.07, 6.45) is 2.38. The number of hydrogen-bond acceptors (Lipinski definition) is 1. The van der Waals surface area contributed by atoms with Gasteiger partial charge in [-0.3, -0.25) is 0 Å². The van der Waals surface area contributed by atoms with E-state index in [0.29, 0.717) is 23.9 Å². The van der Waals surface area contributed by atoms with E-state index in [9.17, 15) is 0 Å². The van der Waals surface area contributed by atoms with Crippen molar-refractivity contribution in [3.05, 3.63) is 0 Å². The molecule has 1 atom stereocenters. The number of hydrogen-bond donors (Lipinski definition) is 1. The van der Waals surface area contributed by atoms with Gasteiger partial charge in [-0.15, -0.1) is 11.6 Å². The molecule has 1 unspecified atom stereocenters. The van der Waals surface area contributed by atoms with E-state index in [1.165, 1.54) is 12.8 Å². The van der Waals surface area contributed by atoms with Gasteiger partial charge in [0.15, 0.2) is 0 Å². The predicted octanol–water partition coefficient (Wildman–Crippen LogP) is 3.03. The third kappa shape index (κ3) is 4.32. The maximum absolute atomic E-state index is 5.86. The van der Waals surface area contributed by atoms with Crippen molar-refractivity contribution in [3.8, 4) is 0 Å². The van der Waals surface area contributed by atoms with Crippen molar-refractivity contribution in [2.45, 2.75) is 52.6 Å². The van der Waals surface area contributed by atoms with Crippen LogP contribution in [0.4, 0.5) is 0 Å². The van der Waals surface area contributed by atoms with Crippen molar-refractivity contribution in [3.63, 3.8) is 0 Å². The van der Waals surface area contributed by atoms with E-state index in [4.69, 9.17) is 11.6 Å². The predicted molar refractivity (Wildman–Crippen MR) is 56.9 cm³/mol. The third-order valence-corrected chi connectivity index (χ3v) is 2.74. The number of rotatable bonds is 6. The van der Waals surface area contributed by atoms with E-state index in [1.54, 1.807) is 0 Å². The molecule has 0 bridgehead atoms. The quantitative estimate of drug-likeness (QED) is 0.637. The van der Waals surface area contributed by atoms with Crippen LogP contribution in [-0.4, -0.2) is 18.0 Å². The molecule has 0 rings (SSSR count). The molecule has 0 radical (unpaired) electrons. The zero-order chi connectivity index (χ0) is 9.56. The van der Waals surface area contributed by atoms with Gasteiger partial charge < -0.3 is 5.32 Å². The molecule has 0 saturated heterocycles. The summed E-state index contributed by atoms with van der Waals surface area (Å²) < 4.78 is 0. The zero-order valence-corrected chi connectivity index (χ0v) is 9.49. The third-order valence-electron chi connectivity index (χ3n) is 2.41. The van der Waals surface area contributed by atoms with Crippen LogP contribution in [0.3, 0.4) is 0 Å². The summed E-state index contributed by atoms with van der Waals surface area (Å²) in [6, 6.07) is 1.10. The van der Waals surface area contributed by atoms with Gasteiger partial charge in [0.25, 0.3) is 0 Å². The lowest BCUT2D eigenvalue weighted by Crippen LogP contribution is -2.42. The highest BCUT2D eigenvalue weighted by Crippen LogP contribution is 2.07. The molecule has 0 saturated carbocycles. The fraction of sp³-hybridized carbons (Fsp3) is 1.00. The van der Waals surface area contributed by atoms with Crippen LogP contribution in [0.5, 0.6) is 0 Å². The summed E-state index contributed by atoms with van der Waals surface area (Å²) in [5.74, 6) is 1.34. The number of alkyl halides is 1. The average molecular weight is 192 g/mol. The molecule has 0 fully saturated rings. The van der Waals surface area contributed by atoms with Gasteiger partial charge in [-0.2, -0.15) is 0 Å². The van der Waals surface area contributed by atoms with Gasteiger partial charge in [-0.1, -0.05) is 27.7 Å². The fourth-order valence-electron chi connectivity index (χ4n) is 1.24. The second kappa shape index (κ2) is 6.73. The molecular weight excluding hydrogens is 170 g/mol. The maximum Gasteiger partial charge on any atom is 0.0379 e.